The molecule has 216 valence electrons. The third-order valence-electron chi connectivity index (χ3n) is 6.64. The minimum Gasteiger partial charge on any atom is -0.480 e. The first-order valence-electron chi connectivity index (χ1n) is 13.7. The molecule has 0 spiro atoms. The number of amides is 3. The lowest BCUT2D eigenvalue weighted by molar-refractivity contribution is -0.141. The lowest BCUT2D eigenvalue weighted by Crippen LogP contribution is -2.57. The van der Waals surface area contributed by atoms with E-state index in [9.17, 15) is 19.5 Å². The van der Waals surface area contributed by atoms with Gasteiger partial charge in [-0.05, 0) is 59.3 Å². The Morgan fingerprint density at radius 2 is 1.58 bits per heavy atom. The number of rotatable bonds is 16. The molecule has 3 atom stereocenters. The summed E-state index contributed by atoms with van der Waals surface area (Å²) >= 11 is 1.47. The van der Waals surface area contributed by atoms with Crippen LogP contribution in [0.15, 0.2) is 34.9 Å². The first kappa shape index (κ1) is 33.8. The van der Waals surface area contributed by atoms with Crippen molar-refractivity contribution in [3.8, 4) is 0 Å². The lowest BCUT2D eigenvalue weighted by atomic mass is 9.98. The van der Waals surface area contributed by atoms with E-state index in [0.29, 0.717) is 38.5 Å². The molecule has 1 saturated heterocycles. The number of carbonyl (C=O) groups excluding carboxylic acids is 2. The number of urea groups is 1. The van der Waals surface area contributed by atoms with Crippen molar-refractivity contribution < 1.29 is 24.2 Å². The molecular weight excluding hydrogens is 502 g/mol. The number of thioether (sulfide) groups is 1. The Morgan fingerprint density at radius 1 is 0.974 bits per heavy atom. The van der Waals surface area contributed by atoms with Gasteiger partial charge >= 0.3 is 12.0 Å². The maximum absolute atomic E-state index is 13.0. The first-order chi connectivity index (χ1) is 18.0. The zero-order chi connectivity index (χ0) is 28.5. The van der Waals surface area contributed by atoms with Gasteiger partial charge in [0, 0.05) is 24.6 Å². The Labute approximate surface area is 233 Å². The first-order valence-corrected chi connectivity index (χ1v) is 14.9. The summed E-state index contributed by atoms with van der Waals surface area (Å²) in [6.07, 6.45) is 11.5. The summed E-state index contributed by atoms with van der Waals surface area (Å²) in [5.41, 5.74) is 4.02. The maximum Gasteiger partial charge on any atom is 0.327 e. The highest BCUT2D eigenvalue weighted by molar-refractivity contribution is 7.99. The van der Waals surface area contributed by atoms with Crippen LogP contribution < -0.4 is 10.6 Å². The molecule has 1 rings (SSSR count). The largest absolute Gasteiger partial charge is 0.480 e. The third-order valence-corrected chi connectivity index (χ3v) is 7.62. The van der Waals surface area contributed by atoms with Crippen molar-refractivity contribution in [2.24, 2.45) is 5.92 Å². The van der Waals surface area contributed by atoms with E-state index in [-0.39, 0.29) is 17.7 Å². The normalized spacial score (nSPS) is 16.8. The highest BCUT2D eigenvalue weighted by atomic mass is 32.2. The van der Waals surface area contributed by atoms with Gasteiger partial charge in [-0.3, -0.25) is 4.79 Å². The number of carbonyl (C=O) groups is 3. The fourth-order valence-electron chi connectivity index (χ4n) is 3.85. The van der Waals surface area contributed by atoms with E-state index in [1.807, 2.05) is 13.8 Å². The predicted octanol–water partition coefficient (Wildman–Crippen LogP) is 5.16. The van der Waals surface area contributed by atoms with Crippen molar-refractivity contribution in [3.63, 3.8) is 0 Å². The molecule has 38 heavy (non-hydrogen) atoms. The number of aliphatic carboxylic acids is 1. The van der Waals surface area contributed by atoms with Crippen LogP contribution >= 0.6 is 11.8 Å². The van der Waals surface area contributed by atoms with Gasteiger partial charge in [-0.2, -0.15) is 11.8 Å². The highest BCUT2D eigenvalue weighted by Gasteiger charge is 2.31. The summed E-state index contributed by atoms with van der Waals surface area (Å²) in [5, 5.41) is 15.1. The average molecular weight is 552 g/mol. The molecule has 0 bridgehead atoms. The highest BCUT2D eigenvalue weighted by Crippen LogP contribution is 2.14. The molecule has 9 heteroatoms. The van der Waals surface area contributed by atoms with Crippen LogP contribution in [0.1, 0.15) is 73.6 Å². The summed E-state index contributed by atoms with van der Waals surface area (Å²) in [7, 11) is 0. The van der Waals surface area contributed by atoms with Crippen molar-refractivity contribution in [3.05, 3.63) is 34.9 Å². The molecule has 1 unspecified atom stereocenters. The fourth-order valence-corrected chi connectivity index (χ4v) is 4.85. The fraction of sp³-hybridized carbons (Fsp3) is 0.690. The molecule has 3 N–H and O–H groups in total. The van der Waals surface area contributed by atoms with Crippen LogP contribution in [0.2, 0.25) is 0 Å². The van der Waals surface area contributed by atoms with E-state index in [0.717, 1.165) is 25.7 Å². The second kappa shape index (κ2) is 18.9. The van der Waals surface area contributed by atoms with Crippen LogP contribution in [0.5, 0.6) is 0 Å². The van der Waals surface area contributed by atoms with E-state index >= 15 is 0 Å². The van der Waals surface area contributed by atoms with E-state index in [2.05, 4.69) is 56.6 Å². The van der Waals surface area contributed by atoms with Gasteiger partial charge in [0.25, 0.3) is 0 Å². The number of morpholine rings is 1. The molecule has 3 amide bonds. The van der Waals surface area contributed by atoms with E-state index < -0.39 is 24.0 Å². The monoisotopic (exact) mass is 551 g/mol. The number of ether oxygens (including phenoxy) is 1. The second-order valence-electron chi connectivity index (χ2n) is 10.3. The molecule has 0 aliphatic carbocycles. The molecule has 0 radical (unpaired) electrons. The molecule has 1 aliphatic heterocycles. The van der Waals surface area contributed by atoms with Crippen molar-refractivity contribution >= 4 is 29.7 Å². The molecular formula is C29H49N3O5S. The lowest BCUT2D eigenvalue weighted by Gasteiger charge is -2.31. The Kier molecular flexibility index (Phi) is 16.8. The molecule has 0 aromatic heterocycles. The summed E-state index contributed by atoms with van der Waals surface area (Å²) in [4.78, 5) is 39.2. The summed E-state index contributed by atoms with van der Waals surface area (Å²) in [6.45, 7) is 14.2. The maximum atomic E-state index is 13.0. The molecule has 1 aliphatic rings. The summed E-state index contributed by atoms with van der Waals surface area (Å²) in [5.74, 6) is -0.761. The number of nitrogens with one attached hydrogen (secondary N) is 2. The van der Waals surface area contributed by atoms with E-state index in [1.54, 1.807) is 4.90 Å². The van der Waals surface area contributed by atoms with Gasteiger partial charge in [-0.25, -0.2) is 9.59 Å². The Morgan fingerprint density at radius 3 is 2.16 bits per heavy atom. The topological polar surface area (TPSA) is 108 Å². The van der Waals surface area contributed by atoms with Crippen LogP contribution in [-0.4, -0.2) is 77.8 Å². The number of nitrogens with zero attached hydrogens (tertiary/aromatic N) is 1. The molecule has 1 fully saturated rings. The zero-order valence-corrected chi connectivity index (χ0v) is 25.0. The van der Waals surface area contributed by atoms with Gasteiger partial charge in [-0.1, -0.05) is 55.2 Å². The molecule has 1 heterocycles. The minimum absolute atomic E-state index is 0.141. The second-order valence-corrected chi connectivity index (χ2v) is 11.4. The van der Waals surface area contributed by atoms with Crippen molar-refractivity contribution in [1.29, 1.82) is 0 Å². The number of allylic oxidation sites excluding steroid dienone is 5. The summed E-state index contributed by atoms with van der Waals surface area (Å²) in [6, 6.07) is -2.16. The minimum atomic E-state index is -1.08. The van der Waals surface area contributed by atoms with E-state index in [4.69, 9.17) is 4.74 Å². The smallest absolute Gasteiger partial charge is 0.327 e. The number of carboxylic acid groups (broad SMARTS) is 1. The molecule has 0 aromatic carbocycles. The number of carboxylic acids is 1. The number of hydrogen-bond acceptors (Lipinski definition) is 5. The van der Waals surface area contributed by atoms with Gasteiger partial charge in [0.15, 0.2) is 0 Å². The quantitative estimate of drug-likeness (QED) is 0.181. The predicted molar refractivity (Wildman–Crippen MR) is 156 cm³/mol. The SMILES string of the molecule is CC[C@H](C)[C@H](NC(=O)N1CCOCC1)C(=O)NC(CSC/C=C(\C)CC/C=C(\C)CCC=C(C)C)C(=O)O. The average Bonchev–Trinajstić information content (AvgIpc) is 2.88. The van der Waals surface area contributed by atoms with Gasteiger partial charge in [0.05, 0.1) is 13.2 Å². The Bertz CT molecular complexity index is 845. The van der Waals surface area contributed by atoms with Crippen LogP contribution in [-0.2, 0) is 14.3 Å². The van der Waals surface area contributed by atoms with E-state index in [1.165, 1.54) is 28.5 Å². The van der Waals surface area contributed by atoms with Gasteiger partial charge < -0.3 is 25.4 Å². The zero-order valence-electron chi connectivity index (χ0n) is 24.2. The Hall–Kier alpha value is -2.26. The van der Waals surface area contributed by atoms with Crippen LogP contribution in [0.3, 0.4) is 0 Å². The Balaban J connectivity index is 2.55. The van der Waals surface area contributed by atoms with Crippen molar-refractivity contribution in [1.82, 2.24) is 15.5 Å². The standard InChI is InChI=1S/C29H49N3O5S/c1-7-24(6)26(31-29(36)32-15-17-37-18-16-32)27(33)30-25(28(34)35)20-38-19-14-23(5)13-9-12-22(4)11-8-10-21(2)3/h10,12,14,24-26H,7-9,11,13,15-20H2,1-6H3,(H,30,33)(H,31,36)(H,34,35)/b22-12+,23-14+/t24-,25?,26-/m0/s1. The van der Waals surface area contributed by atoms with Crippen LogP contribution in [0, 0.1) is 5.92 Å². The molecule has 8 nitrogen and oxygen atoms in total. The van der Waals surface area contributed by atoms with Crippen LogP contribution in [0.25, 0.3) is 0 Å². The van der Waals surface area contributed by atoms with Gasteiger partial charge in [0.2, 0.25) is 5.91 Å². The van der Waals surface area contributed by atoms with Gasteiger partial charge in [-0.15, -0.1) is 0 Å². The van der Waals surface area contributed by atoms with Crippen molar-refractivity contribution in [2.45, 2.75) is 85.7 Å². The molecule has 0 saturated carbocycles. The van der Waals surface area contributed by atoms with Crippen molar-refractivity contribution in [2.75, 3.05) is 37.8 Å². The molecule has 0 aromatic rings. The third kappa shape index (κ3) is 14.0. The number of hydrogen-bond donors (Lipinski definition) is 3. The van der Waals surface area contributed by atoms with Gasteiger partial charge in [0.1, 0.15) is 12.1 Å². The van der Waals surface area contributed by atoms with Crippen LogP contribution in [0.4, 0.5) is 4.79 Å². The summed E-state index contributed by atoms with van der Waals surface area (Å²) < 4.78 is 5.28.